The maximum atomic E-state index is 4.35. The molecule has 1 aromatic heterocycles. The first-order valence-corrected chi connectivity index (χ1v) is 17.9. The van der Waals surface area contributed by atoms with E-state index >= 15 is 0 Å². The fourth-order valence-corrected chi connectivity index (χ4v) is 20.8. The van der Waals surface area contributed by atoms with Gasteiger partial charge in [-0.25, -0.2) is 0 Å². The predicted molar refractivity (Wildman–Crippen MR) is 115 cm³/mol. The Bertz CT molecular complexity index is 854. The first-order valence-electron chi connectivity index (χ1n) is 9.35. The van der Waals surface area contributed by atoms with Crippen LogP contribution in [-0.2, 0) is 16.8 Å². The Balaban J connectivity index is 2.10. The number of rotatable bonds is 3. The number of nitrogens with one attached hydrogen (secondary N) is 1. The van der Waals surface area contributed by atoms with E-state index in [2.05, 4.69) is 85.9 Å². The Labute approximate surface area is 162 Å². The number of fused-ring (bicyclic) bond motifs is 3. The third-order valence-electron chi connectivity index (χ3n) is 6.52. The molecule has 2 aromatic rings. The summed E-state index contributed by atoms with van der Waals surface area (Å²) >= 11 is -0.0614. The molecule has 1 aromatic carbocycles. The molecular weight excluding hydrogens is 374 g/mol. The second-order valence-electron chi connectivity index (χ2n) is 9.80. The number of hydrogen-bond donors (Lipinski definition) is 1. The minimum atomic E-state index is -2.10. The van der Waals surface area contributed by atoms with Crippen LogP contribution in [0.3, 0.4) is 0 Å². The second kappa shape index (κ2) is 6.17. The Hall–Kier alpha value is -0.189. The zero-order valence-electron chi connectivity index (χ0n) is 17.3. The summed E-state index contributed by atoms with van der Waals surface area (Å²) < 4.78 is 6.21. The third-order valence-corrected chi connectivity index (χ3v) is 23.2. The Morgan fingerprint density at radius 1 is 1.08 bits per heavy atom. The van der Waals surface area contributed by atoms with Gasteiger partial charge in [-0.05, 0) is 0 Å². The average molecular weight is 408 g/mol. The molecule has 1 aliphatic rings. The molecule has 1 unspecified atom stereocenters. The zero-order chi connectivity index (χ0) is 18.8. The molecule has 136 valence electrons. The van der Waals surface area contributed by atoms with Gasteiger partial charge in [0.05, 0.1) is 0 Å². The molecule has 0 saturated heterocycles. The van der Waals surface area contributed by atoms with Crippen LogP contribution in [0.1, 0.15) is 50.6 Å². The van der Waals surface area contributed by atoms with Gasteiger partial charge in [0.25, 0.3) is 0 Å². The zero-order valence-corrected chi connectivity index (χ0v) is 20.7. The van der Waals surface area contributed by atoms with Gasteiger partial charge in [0.15, 0.2) is 0 Å². The molecular formula is C21H33NSSiTi. The average Bonchev–Trinajstić information content (AvgIpc) is 2.92. The first kappa shape index (κ1) is 19.6. The molecule has 25 heavy (non-hydrogen) atoms. The van der Waals surface area contributed by atoms with Gasteiger partial charge in [0.1, 0.15) is 0 Å². The van der Waals surface area contributed by atoms with Crippen molar-refractivity contribution < 1.29 is 16.8 Å². The van der Waals surface area contributed by atoms with Crippen molar-refractivity contribution in [2.24, 2.45) is 0 Å². The van der Waals surface area contributed by atoms with E-state index in [-0.39, 0.29) is 0 Å². The summed E-state index contributed by atoms with van der Waals surface area (Å²) in [4.78, 5) is 1.63. The van der Waals surface area contributed by atoms with E-state index in [9.17, 15) is 0 Å². The van der Waals surface area contributed by atoms with Crippen LogP contribution in [-0.4, -0.2) is 8.24 Å². The van der Waals surface area contributed by atoms with Crippen molar-refractivity contribution in [1.29, 1.82) is 0 Å². The topological polar surface area (TPSA) is 12.0 Å². The van der Waals surface area contributed by atoms with Crippen molar-refractivity contribution in [2.45, 2.75) is 67.4 Å². The molecule has 0 saturated carbocycles. The van der Waals surface area contributed by atoms with E-state index in [0.29, 0.717) is 9.26 Å². The minimum absolute atomic E-state index is 0.415. The SMILES string of the molecule is CC1=C(C)C([Si](C)(C)[NH][Ti]([CH3])([CH3])[C](C)(C)C)c2sc3ccccc3c21. The summed E-state index contributed by atoms with van der Waals surface area (Å²) in [6.07, 6.45) is 0. The van der Waals surface area contributed by atoms with E-state index in [1.54, 1.807) is 16.0 Å². The van der Waals surface area contributed by atoms with Crippen LogP contribution in [0.15, 0.2) is 29.8 Å². The van der Waals surface area contributed by atoms with E-state index < -0.39 is 25.1 Å². The molecule has 0 fully saturated rings. The Kier molecular flexibility index (Phi) is 4.83. The first-order chi connectivity index (χ1) is 11.4. The van der Waals surface area contributed by atoms with E-state index in [1.807, 2.05) is 11.3 Å². The van der Waals surface area contributed by atoms with Crippen LogP contribution in [0.25, 0.3) is 15.7 Å². The van der Waals surface area contributed by atoms with E-state index in [1.165, 1.54) is 15.7 Å². The third kappa shape index (κ3) is 3.17. The van der Waals surface area contributed by atoms with Crippen LogP contribution in [0.2, 0.25) is 27.3 Å². The summed E-state index contributed by atoms with van der Waals surface area (Å²) in [5.41, 5.74) is 5.31. The van der Waals surface area contributed by atoms with Gasteiger partial charge in [-0.2, -0.15) is 0 Å². The van der Waals surface area contributed by atoms with Gasteiger partial charge in [0.2, 0.25) is 0 Å². The van der Waals surface area contributed by atoms with Gasteiger partial charge in [-0.1, -0.05) is 0 Å². The van der Waals surface area contributed by atoms with Crippen molar-refractivity contribution in [1.82, 2.24) is 3.46 Å². The molecule has 0 radical (unpaired) electrons. The van der Waals surface area contributed by atoms with Crippen molar-refractivity contribution in [3.63, 3.8) is 0 Å². The number of hydrogen-bond acceptors (Lipinski definition) is 2. The van der Waals surface area contributed by atoms with Gasteiger partial charge in [-0.15, -0.1) is 0 Å². The van der Waals surface area contributed by atoms with E-state index in [0.717, 1.165) is 0 Å². The van der Waals surface area contributed by atoms with Crippen molar-refractivity contribution in [2.75, 3.05) is 0 Å². The molecule has 1 N–H and O–H groups in total. The van der Waals surface area contributed by atoms with Gasteiger partial charge in [0, 0.05) is 0 Å². The second-order valence-corrected chi connectivity index (χ2v) is 23.7. The van der Waals surface area contributed by atoms with Crippen LogP contribution in [0.4, 0.5) is 0 Å². The fraction of sp³-hybridized carbons (Fsp3) is 0.524. The van der Waals surface area contributed by atoms with Crippen LogP contribution >= 0.6 is 11.3 Å². The molecule has 1 nitrogen and oxygen atoms in total. The van der Waals surface area contributed by atoms with Crippen LogP contribution < -0.4 is 3.46 Å². The molecule has 0 spiro atoms. The number of benzene rings is 1. The molecule has 3 rings (SSSR count). The predicted octanol–water partition coefficient (Wildman–Crippen LogP) is 7.51. The molecule has 0 amide bonds. The Morgan fingerprint density at radius 2 is 1.68 bits per heavy atom. The number of allylic oxidation sites excluding steroid dienone is 2. The molecule has 0 aliphatic heterocycles. The monoisotopic (exact) mass is 407 g/mol. The molecule has 4 heteroatoms. The summed E-state index contributed by atoms with van der Waals surface area (Å²) in [6, 6.07) is 8.96. The number of thiophene rings is 1. The summed E-state index contributed by atoms with van der Waals surface area (Å²) in [5.74, 6) is 0. The summed E-state index contributed by atoms with van der Waals surface area (Å²) in [5, 5.41) is 6.58. The van der Waals surface area contributed by atoms with Gasteiger partial charge >= 0.3 is 163 Å². The normalized spacial score (nSPS) is 19.0. The molecule has 0 bridgehead atoms. The van der Waals surface area contributed by atoms with Crippen LogP contribution in [0, 0.1) is 0 Å². The van der Waals surface area contributed by atoms with Crippen molar-refractivity contribution in [3.8, 4) is 0 Å². The van der Waals surface area contributed by atoms with Crippen LogP contribution in [0.5, 0.6) is 0 Å². The molecule has 1 atom stereocenters. The van der Waals surface area contributed by atoms with Crippen molar-refractivity contribution in [3.05, 3.63) is 40.3 Å². The molecule has 1 aliphatic carbocycles. The summed E-state index contributed by atoms with van der Waals surface area (Å²) in [7, 11) is -1.65. The fourth-order valence-electron chi connectivity index (χ4n) is 4.20. The standard InChI is InChI=1S/C15H18NSSi.C4H9.2CH3.Ti/c1-9-10(2)15(18(3,4)16)14-13(9)11-7-5-6-8-12(11)17-14;1-4(2)3;;;/h5-8,15-16H,1-4H3;1-3H3;2*1H3;/q-1;;;;+1. The summed E-state index contributed by atoms with van der Waals surface area (Å²) in [6.45, 7) is 17.1. The van der Waals surface area contributed by atoms with E-state index in [4.69, 9.17) is 0 Å². The van der Waals surface area contributed by atoms with Gasteiger partial charge < -0.3 is 0 Å². The quantitative estimate of drug-likeness (QED) is 0.519. The maximum absolute atomic E-state index is 4.35. The molecule has 1 heterocycles. The van der Waals surface area contributed by atoms with Crippen molar-refractivity contribution >= 4 is 35.2 Å². The Morgan fingerprint density at radius 3 is 2.28 bits per heavy atom. The van der Waals surface area contributed by atoms with Gasteiger partial charge in [-0.3, -0.25) is 0 Å².